The molecule has 1 aromatic rings. The summed E-state index contributed by atoms with van der Waals surface area (Å²) in [6.07, 6.45) is 3.09. The summed E-state index contributed by atoms with van der Waals surface area (Å²) in [5.41, 5.74) is 0.655. The summed E-state index contributed by atoms with van der Waals surface area (Å²) in [4.78, 5) is 34.0. The molecule has 2 fully saturated rings. The zero-order valence-electron chi connectivity index (χ0n) is 14.6. The van der Waals surface area contributed by atoms with Gasteiger partial charge in [-0.3, -0.25) is 4.79 Å². The first kappa shape index (κ1) is 21.1. The molecule has 3 rings (SSSR count). The van der Waals surface area contributed by atoms with Crippen molar-refractivity contribution in [2.75, 3.05) is 11.1 Å². The molecule has 2 saturated heterocycles. The third-order valence-electron chi connectivity index (χ3n) is 4.48. The molecule has 0 aliphatic carbocycles. The molecule has 0 bridgehead atoms. The topological polar surface area (TPSA) is 110 Å². The first-order valence-corrected chi connectivity index (χ1v) is 9.38. The van der Waals surface area contributed by atoms with E-state index >= 15 is 0 Å². The average molecular weight is 385 g/mol. The summed E-state index contributed by atoms with van der Waals surface area (Å²) in [6, 6.07) is 6.26. The molecule has 0 radical (unpaired) electrons. The summed E-state index contributed by atoms with van der Waals surface area (Å²) in [5, 5.41) is 19.7. The van der Waals surface area contributed by atoms with Crippen LogP contribution in [0.15, 0.2) is 24.3 Å². The number of carboxylic acids is 1. The maximum Gasteiger partial charge on any atom is 1.00 e. The zero-order chi connectivity index (χ0) is 17.8. The molecule has 0 spiro atoms. The van der Waals surface area contributed by atoms with Crippen LogP contribution in [0.1, 0.15) is 36.0 Å². The smallest absolute Gasteiger partial charge is 0.545 e. The quantitative estimate of drug-likeness (QED) is 0.278. The van der Waals surface area contributed by atoms with Crippen LogP contribution in [0.3, 0.4) is 0 Å². The summed E-state index contributed by atoms with van der Waals surface area (Å²) in [5.74, 6) is -0.385. The third-order valence-corrected chi connectivity index (χ3v) is 5.99. The molecular weight excluding hydrogens is 365 g/mol. The Labute approximate surface area is 178 Å². The van der Waals surface area contributed by atoms with Crippen molar-refractivity contribution in [1.82, 2.24) is 10.6 Å². The largest absolute Gasteiger partial charge is 1.00 e. The Morgan fingerprint density at radius 2 is 1.92 bits per heavy atom. The second-order valence-corrected chi connectivity index (χ2v) is 7.55. The van der Waals surface area contributed by atoms with Crippen LogP contribution in [-0.2, 0) is 4.79 Å². The van der Waals surface area contributed by atoms with Gasteiger partial charge in [-0.05, 0) is 30.5 Å². The fraction of sp³-hybridized carbons (Fsp3) is 0.471. The zero-order valence-corrected chi connectivity index (χ0v) is 17.4. The van der Waals surface area contributed by atoms with Crippen molar-refractivity contribution in [3.63, 3.8) is 0 Å². The molecule has 26 heavy (non-hydrogen) atoms. The van der Waals surface area contributed by atoms with E-state index in [9.17, 15) is 19.5 Å². The Morgan fingerprint density at radius 3 is 2.62 bits per heavy atom. The van der Waals surface area contributed by atoms with Gasteiger partial charge in [0.2, 0.25) is 5.91 Å². The molecule has 2 aliphatic heterocycles. The second-order valence-electron chi connectivity index (χ2n) is 6.28. The summed E-state index contributed by atoms with van der Waals surface area (Å²) >= 11 is 1.87. The number of anilines is 1. The Bertz CT molecular complexity index is 670. The number of benzene rings is 1. The number of unbranched alkanes of at least 4 members (excludes halogenated alkanes) is 1. The number of carbonyl (C=O) groups is 3. The molecule has 2 heterocycles. The molecular formula is C17H20N3NaO4S. The molecule has 0 unspecified atom stereocenters. The molecule has 3 amide bonds. The fourth-order valence-corrected chi connectivity index (χ4v) is 4.73. The monoisotopic (exact) mass is 385 g/mol. The van der Waals surface area contributed by atoms with Gasteiger partial charge in [0.15, 0.2) is 0 Å². The van der Waals surface area contributed by atoms with Gasteiger partial charge in [-0.2, -0.15) is 11.8 Å². The van der Waals surface area contributed by atoms with Crippen LogP contribution in [0.5, 0.6) is 0 Å². The van der Waals surface area contributed by atoms with E-state index in [2.05, 4.69) is 16.0 Å². The summed E-state index contributed by atoms with van der Waals surface area (Å²) in [6.45, 7) is 0. The first-order valence-electron chi connectivity index (χ1n) is 8.33. The minimum Gasteiger partial charge on any atom is -0.545 e. The van der Waals surface area contributed by atoms with Gasteiger partial charge in [0.25, 0.3) is 0 Å². The van der Waals surface area contributed by atoms with E-state index in [1.54, 1.807) is 12.1 Å². The van der Waals surface area contributed by atoms with Crippen molar-refractivity contribution in [1.29, 1.82) is 0 Å². The third kappa shape index (κ3) is 5.39. The van der Waals surface area contributed by atoms with Crippen LogP contribution >= 0.6 is 11.8 Å². The Kier molecular flexibility index (Phi) is 7.82. The van der Waals surface area contributed by atoms with Gasteiger partial charge >= 0.3 is 35.6 Å². The Morgan fingerprint density at radius 1 is 1.19 bits per heavy atom. The van der Waals surface area contributed by atoms with E-state index in [1.807, 2.05) is 11.8 Å². The molecule has 0 saturated carbocycles. The van der Waals surface area contributed by atoms with Crippen LogP contribution < -0.4 is 50.6 Å². The van der Waals surface area contributed by atoms with Crippen LogP contribution in [0.2, 0.25) is 0 Å². The molecule has 9 heteroatoms. The first-order chi connectivity index (χ1) is 12.0. The fourth-order valence-electron chi connectivity index (χ4n) is 3.19. The van der Waals surface area contributed by atoms with Gasteiger partial charge in [-0.15, -0.1) is 0 Å². The molecule has 0 aromatic heterocycles. The Hall–Kier alpha value is -1.22. The van der Waals surface area contributed by atoms with Gasteiger partial charge in [-0.1, -0.05) is 18.6 Å². The van der Waals surface area contributed by atoms with Crippen LogP contribution in [-0.4, -0.2) is 41.0 Å². The number of thioether (sulfide) groups is 1. The SMILES string of the molecule is O=C(CCCC[C@@H]1SC[C@@H]2NC(=O)N[C@@H]21)Nc1ccc(C(=O)[O-])cc1.[Na+]. The van der Waals surface area contributed by atoms with Crippen LogP contribution in [0.4, 0.5) is 10.5 Å². The van der Waals surface area contributed by atoms with Gasteiger partial charge < -0.3 is 25.9 Å². The van der Waals surface area contributed by atoms with Crippen molar-refractivity contribution in [3.8, 4) is 0 Å². The number of urea groups is 1. The molecule has 3 atom stereocenters. The minimum absolute atomic E-state index is 0. The van der Waals surface area contributed by atoms with E-state index in [4.69, 9.17) is 0 Å². The van der Waals surface area contributed by atoms with Gasteiger partial charge in [0, 0.05) is 23.1 Å². The summed E-state index contributed by atoms with van der Waals surface area (Å²) < 4.78 is 0. The van der Waals surface area contributed by atoms with Gasteiger partial charge in [-0.25, -0.2) is 4.79 Å². The predicted molar refractivity (Wildman–Crippen MR) is 93.4 cm³/mol. The maximum atomic E-state index is 11.9. The number of carbonyl (C=O) groups excluding carboxylic acids is 3. The van der Waals surface area contributed by atoms with Crippen molar-refractivity contribution in [2.24, 2.45) is 0 Å². The number of fused-ring (bicyclic) bond motifs is 1. The van der Waals surface area contributed by atoms with Gasteiger partial charge in [0.05, 0.1) is 18.1 Å². The molecule has 3 N–H and O–H groups in total. The molecule has 7 nitrogen and oxygen atoms in total. The predicted octanol–water partition coefficient (Wildman–Crippen LogP) is -2.28. The van der Waals surface area contributed by atoms with E-state index in [1.165, 1.54) is 12.1 Å². The van der Waals surface area contributed by atoms with Crippen molar-refractivity contribution in [3.05, 3.63) is 29.8 Å². The van der Waals surface area contributed by atoms with Crippen LogP contribution in [0, 0.1) is 0 Å². The van der Waals surface area contributed by atoms with Gasteiger partial charge in [0.1, 0.15) is 0 Å². The maximum absolute atomic E-state index is 11.9. The number of carboxylic acid groups (broad SMARTS) is 1. The molecule has 1 aromatic carbocycles. The van der Waals surface area contributed by atoms with E-state index in [-0.39, 0.29) is 59.1 Å². The number of rotatable bonds is 7. The van der Waals surface area contributed by atoms with E-state index < -0.39 is 5.97 Å². The molecule has 2 aliphatic rings. The standard InChI is InChI=1S/C17H21N3O4S.Na/c21-14(18-11-7-5-10(6-8-11)16(22)23)4-2-1-3-13-15-12(9-25-13)19-17(24)20-15;/h5-8,12-13,15H,1-4,9H2,(H,18,21)(H,22,23)(H2,19,20,24);/q;+1/p-1/t12-,13-,15-;/m0./s1. The van der Waals surface area contributed by atoms with E-state index in [0.29, 0.717) is 17.4 Å². The van der Waals surface area contributed by atoms with Crippen LogP contribution in [0.25, 0.3) is 0 Å². The van der Waals surface area contributed by atoms with Crippen molar-refractivity contribution in [2.45, 2.75) is 43.0 Å². The van der Waals surface area contributed by atoms with Crippen molar-refractivity contribution < 1.29 is 49.0 Å². The Balaban J connectivity index is 0.00000243. The second kappa shape index (κ2) is 9.64. The van der Waals surface area contributed by atoms with Crippen molar-refractivity contribution >= 4 is 35.4 Å². The number of hydrogen-bond donors (Lipinski definition) is 3. The number of nitrogens with one attached hydrogen (secondary N) is 3. The molecule has 134 valence electrons. The number of hydrogen-bond acceptors (Lipinski definition) is 5. The number of amides is 3. The van der Waals surface area contributed by atoms with E-state index in [0.717, 1.165) is 25.0 Å². The number of aromatic carboxylic acids is 1. The minimum atomic E-state index is -1.24. The summed E-state index contributed by atoms with van der Waals surface area (Å²) in [7, 11) is 0. The normalized spacial score (nSPS) is 23.4. The average Bonchev–Trinajstić information content (AvgIpc) is 3.11.